The zero-order chi connectivity index (χ0) is 18.1. The standard InChI is InChI=1S/C21H22N2O2/c1-13-9-14(2)20(15(3)10-13)22-21(25)16(4)23-11-17(12-24)18-7-5-6-8-19(18)23/h5-12,16H,1-4H3,(H,22,25). The number of aldehydes is 1. The number of para-hydroxylation sites is 1. The van der Waals surface area contributed by atoms with E-state index in [0.717, 1.165) is 34.0 Å². The molecule has 1 aromatic heterocycles. The van der Waals surface area contributed by atoms with Gasteiger partial charge in [-0.3, -0.25) is 9.59 Å². The maximum atomic E-state index is 12.8. The minimum atomic E-state index is -0.432. The van der Waals surface area contributed by atoms with Crippen LogP contribution in [0.3, 0.4) is 0 Å². The normalized spacial score (nSPS) is 12.2. The van der Waals surface area contributed by atoms with E-state index in [2.05, 4.69) is 17.4 Å². The minimum absolute atomic E-state index is 0.103. The molecule has 0 aliphatic rings. The van der Waals surface area contributed by atoms with Crippen molar-refractivity contribution in [2.45, 2.75) is 33.7 Å². The predicted molar refractivity (Wildman–Crippen MR) is 101 cm³/mol. The fourth-order valence-electron chi connectivity index (χ4n) is 3.38. The predicted octanol–water partition coefficient (Wildman–Crippen LogP) is 4.58. The van der Waals surface area contributed by atoms with Crippen LogP contribution in [-0.2, 0) is 4.79 Å². The summed E-state index contributed by atoms with van der Waals surface area (Å²) in [6.45, 7) is 7.88. The molecule has 0 aliphatic carbocycles. The van der Waals surface area contributed by atoms with Crippen LogP contribution in [0.15, 0.2) is 42.6 Å². The van der Waals surface area contributed by atoms with Crippen LogP contribution in [0, 0.1) is 20.8 Å². The average molecular weight is 334 g/mol. The number of nitrogens with one attached hydrogen (secondary N) is 1. The zero-order valence-corrected chi connectivity index (χ0v) is 15.0. The van der Waals surface area contributed by atoms with Crippen molar-refractivity contribution in [1.82, 2.24) is 4.57 Å². The number of nitrogens with zero attached hydrogens (tertiary/aromatic N) is 1. The highest BCUT2D eigenvalue weighted by atomic mass is 16.2. The monoisotopic (exact) mass is 334 g/mol. The topological polar surface area (TPSA) is 51.1 Å². The Morgan fingerprint density at radius 2 is 1.76 bits per heavy atom. The van der Waals surface area contributed by atoms with Gasteiger partial charge in [0.2, 0.25) is 5.91 Å². The van der Waals surface area contributed by atoms with Gasteiger partial charge in [-0.05, 0) is 44.9 Å². The average Bonchev–Trinajstić information content (AvgIpc) is 2.96. The summed E-state index contributed by atoms with van der Waals surface area (Å²) >= 11 is 0. The number of benzene rings is 2. The summed E-state index contributed by atoms with van der Waals surface area (Å²) < 4.78 is 1.85. The Labute approximate surface area is 147 Å². The van der Waals surface area contributed by atoms with Crippen LogP contribution in [-0.4, -0.2) is 16.8 Å². The Morgan fingerprint density at radius 1 is 1.12 bits per heavy atom. The second-order valence-corrected chi connectivity index (χ2v) is 6.57. The van der Waals surface area contributed by atoms with Gasteiger partial charge < -0.3 is 9.88 Å². The van der Waals surface area contributed by atoms with Gasteiger partial charge in [-0.15, -0.1) is 0 Å². The van der Waals surface area contributed by atoms with Crippen LogP contribution in [0.4, 0.5) is 5.69 Å². The van der Waals surface area contributed by atoms with Crippen LogP contribution >= 0.6 is 0 Å². The SMILES string of the molecule is Cc1cc(C)c(NC(=O)C(C)n2cc(C=O)c3ccccc32)c(C)c1. The first-order valence-electron chi connectivity index (χ1n) is 8.36. The number of anilines is 1. The molecular weight excluding hydrogens is 312 g/mol. The van der Waals surface area contributed by atoms with E-state index in [1.54, 1.807) is 6.20 Å². The molecule has 1 atom stereocenters. The Hall–Kier alpha value is -2.88. The van der Waals surface area contributed by atoms with Gasteiger partial charge in [-0.2, -0.15) is 0 Å². The summed E-state index contributed by atoms with van der Waals surface area (Å²) in [4.78, 5) is 24.1. The van der Waals surface area contributed by atoms with E-state index in [0.29, 0.717) is 5.56 Å². The molecule has 0 saturated heterocycles. The number of aryl methyl sites for hydroxylation is 3. The highest BCUT2D eigenvalue weighted by molar-refractivity contribution is 6.00. The van der Waals surface area contributed by atoms with Crippen molar-refractivity contribution in [2.24, 2.45) is 0 Å². The van der Waals surface area contributed by atoms with Crippen LogP contribution < -0.4 is 5.32 Å². The van der Waals surface area contributed by atoms with Crippen molar-refractivity contribution >= 4 is 28.8 Å². The van der Waals surface area contributed by atoms with Gasteiger partial charge >= 0.3 is 0 Å². The van der Waals surface area contributed by atoms with Crippen LogP contribution in [0.1, 0.15) is 40.0 Å². The first-order valence-corrected chi connectivity index (χ1v) is 8.36. The molecule has 4 heteroatoms. The lowest BCUT2D eigenvalue weighted by Gasteiger charge is -2.18. The number of hydrogen-bond acceptors (Lipinski definition) is 2. The molecule has 0 aliphatic heterocycles. The number of hydrogen-bond donors (Lipinski definition) is 1. The van der Waals surface area contributed by atoms with Gasteiger partial charge in [0.05, 0.1) is 0 Å². The Kier molecular flexibility index (Phi) is 4.45. The number of aromatic nitrogens is 1. The Balaban J connectivity index is 1.95. The Bertz CT molecular complexity index is 946. The molecule has 1 unspecified atom stereocenters. The molecule has 0 fully saturated rings. The van der Waals surface area contributed by atoms with E-state index >= 15 is 0 Å². The lowest BCUT2D eigenvalue weighted by atomic mass is 10.0. The molecule has 3 aromatic rings. The van der Waals surface area contributed by atoms with Crippen molar-refractivity contribution in [2.75, 3.05) is 5.32 Å². The van der Waals surface area contributed by atoms with Gasteiger partial charge in [-0.1, -0.05) is 35.9 Å². The molecule has 2 aromatic carbocycles. The lowest BCUT2D eigenvalue weighted by Crippen LogP contribution is -2.24. The summed E-state index contributed by atoms with van der Waals surface area (Å²) in [5.41, 5.74) is 5.60. The van der Waals surface area contributed by atoms with Gasteiger partial charge in [-0.25, -0.2) is 0 Å². The summed E-state index contributed by atoms with van der Waals surface area (Å²) in [5.74, 6) is -0.103. The van der Waals surface area contributed by atoms with Gasteiger partial charge in [0.15, 0.2) is 6.29 Å². The molecule has 0 bridgehead atoms. The molecule has 1 N–H and O–H groups in total. The summed E-state index contributed by atoms with van der Waals surface area (Å²) in [6, 6.07) is 11.3. The van der Waals surface area contributed by atoms with Crippen molar-refractivity contribution in [3.63, 3.8) is 0 Å². The van der Waals surface area contributed by atoms with Crippen molar-refractivity contribution < 1.29 is 9.59 Å². The Morgan fingerprint density at radius 3 is 2.40 bits per heavy atom. The maximum Gasteiger partial charge on any atom is 0.247 e. The molecular formula is C21H22N2O2. The first kappa shape index (κ1) is 17.0. The van der Waals surface area contributed by atoms with Crippen LogP contribution in [0.5, 0.6) is 0 Å². The van der Waals surface area contributed by atoms with Gasteiger partial charge in [0, 0.05) is 28.4 Å². The van der Waals surface area contributed by atoms with E-state index in [-0.39, 0.29) is 5.91 Å². The smallest absolute Gasteiger partial charge is 0.247 e. The third-order valence-electron chi connectivity index (χ3n) is 4.62. The van der Waals surface area contributed by atoms with Crippen molar-refractivity contribution in [1.29, 1.82) is 0 Å². The molecule has 128 valence electrons. The second kappa shape index (κ2) is 6.55. The highest BCUT2D eigenvalue weighted by Gasteiger charge is 2.20. The van der Waals surface area contributed by atoms with E-state index in [1.165, 1.54) is 5.56 Å². The molecule has 1 amide bonds. The summed E-state index contributed by atoms with van der Waals surface area (Å²) in [5, 5.41) is 3.91. The third kappa shape index (κ3) is 3.07. The first-order chi connectivity index (χ1) is 11.9. The van der Waals surface area contributed by atoms with Crippen LogP contribution in [0.2, 0.25) is 0 Å². The van der Waals surface area contributed by atoms with Gasteiger partial charge in [0.25, 0.3) is 0 Å². The largest absolute Gasteiger partial charge is 0.335 e. The molecule has 3 rings (SSSR count). The van der Waals surface area contributed by atoms with E-state index in [1.807, 2.05) is 56.5 Å². The second-order valence-electron chi connectivity index (χ2n) is 6.57. The molecule has 0 spiro atoms. The van der Waals surface area contributed by atoms with Gasteiger partial charge in [0.1, 0.15) is 6.04 Å². The lowest BCUT2D eigenvalue weighted by molar-refractivity contribution is -0.118. The highest BCUT2D eigenvalue weighted by Crippen LogP contribution is 2.26. The third-order valence-corrected chi connectivity index (χ3v) is 4.62. The molecule has 4 nitrogen and oxygen atoms in total. The number of rotatable bonds is 4. The zero-order valence-electron chi connectivity index (χ0n) is 15.0. The fourth-order valence-corrected chi connectivity index (χ4v) is 3.38. The summed E-state index contributed by atoms with van der Waals surface area (Å²) in [6.07, 6.45) is 2.58. The van der Waals surface area contributed by atoms with E-state index in [4.69, 9.17) is 0 Å². The number of fused-ring (bicyclic) bond motifs is 1. The quantitative estimate of drug-likeness (QED) is 0.710. The van der Waals surface area contributed by atoms with E-state index < -0.39 is 6.04 Å². The number of carbonyl (C=O) groups excluding carboxylic acids is 2. The van der Waals surface area contributed by atoms with Crippen molar-refractivity contribution in [3.05, 3.63) is 64.8 Å². The minimum Gasteiger partial charge on any atom is -0.335 e. The van der Waals surface area contributed by atoms with E-state index in [9.17, 15) is 9.59 Å². The molecule has 0 radical (unpaired) electrons. The van der Waals surface area contributed by atoms with Crippen LogP contribution in [0.25, 0.3) is 10.9 Å². The van der Waals surface area contributed by atoms with Crippen molar-refractivity contribution in [3.8, 4) is 0 Å². The molecule has 25 heavy (non-hydrogen) atoms. The molecule has 0 saturated carbocycles. The number of carbonyl (C=O) groups is 2. The molecule has 1 heterocycles. The summed E-state index contributed by atoms with van der Waals surface area (Å²) in [7, 11) is 0. The fraction of sp³-hybridized carbons (Fsp3) is 0.238. The maximum absolute atomic E-state index is 12.8. The number of amides is 1.